The van der Waals surface area contributed by atoms with Gasteiger partial charge in [-0.25, -0.2) is 4.79 Å². The maximum atomic E-state index is 12.8. The molecule has 0 unspecified atom stereocenters. The van der Waals surface area contributed by atoms with Crippen molar-refractivity contribution in [1.82, 2.24) is 9.55 Å². The van der Waals surface area contributed by atoms with Crippen LogP contribution < -0.4 is 16.3 Å². The Balaban J connectivity index is 1.28. The Morgan fingerprint density at radius 3 is 2.66 bits per heavy atom. The average molecular weight is 431 g/mol. The SMILES string of the molecule is CC(=O)Nc1cccc2c1[nH]c(=O)n2C1CCC(C(=O)Nc2ccc3c(c2)CC=C3)CC1. The first-order valence-corrected chi connectivity index (χ1v) is 11.1. The highest BCUT2D eigenvalue weighted by Gasteiger charge is 2.29. The molecule has 2 amide bonds. The van der Waals surface area contributed by atoms with Crippen LogP contribution in [0.2, 0.25) is 0 Å². The lowest BCUT2D eigenvalue weighted by molar-refractivity contribution is -0.121. The van der Waals surface area contributed by atoms with Crippen molar-refractivity contribution in [3.05, 3.63) is 64.1 Å². The zero-order valence-corrected chi connectivity index (χ0v) is 18.0. The molecular weight excluding hydrogens is 404 g/mol. The first-order valence-electron chi connectivity index (χ1n) is 11.1. The van der Waals surface area contributed by atoms with Gasteiger partial charge in [0.15, 0.2) is 0 Å². The summed E-state index contributed by atoms with van der Waals surface area (Å²) in [7, 11) is 0. The molecule has 1 fully saturated rings. The van der Waals surface area contributed by atoms with Gasteiger partial charge in [0.25, 0.3) is 0 Å². The van der Waals surface area contributed by atoms with Gasteiger partial charge in [0.05, 0.1) is 16.7 Å². The fourth-order valence-electron chi connectivity index (χ4n) is 4.98. The highest BCUT2D eigenvalue weighted by Crippen LogP contribution is 2.35. The average Bonchev–Trinajstić information content (AvgIpc) is 3.37. The molecule has 2 aromatic carbocycles. The highest BCUT2D eigenvalue weighted by molar-refractivity contribution is 5.98. The van der Waals surface area contributed by atoms with Crippen molar-refractivity contribution in [2.24, 2.45) is 5.92 Å². The maximum absolute atomic E-state index is 12.8. The van der Waals surface area contributed by atoms with E-state index >= 15 is 0 Å². The highest BCUT2D eigenvalue weighted by atomic mass is 16.2. The number of para-hydroxylation sites is 1. The lowest BCUT2D eigenvalue weighted by Gasteiger charge is -2.28. The molecule has 1 aromatic heterocycles. The van der Waals surface area contributed by atoms with Crippen LogP contribution in [0.25, 0.3) is 17.1 Å². The molecule has 1 heterocycles. The Labute approximate surface area is 185 Å². The second kappa shape index (κ2) is 8.15. The predicted molar refractivity (Wildman–Crippen MR) is 126 cm³/mol. The van der Waals surface area contributed by atoms with Crippen LogP contribution in [0.5, 0.6) is 0 Å². The van der Waals surface area contributed by atoms with Crippen LogP contribution in [0.15, 0.2) is 47.3 Å². The van der Waals surface area contributed by atoms with Crippen molar-refractivity contribution in [2.75, 3.05) is 10.6 Å². The summed E-state index contributed by atoms with van der Waals surface area (Å²) in [6, 6.07) is 11.6. The van der Waals surface area contributed by atoms with Crippen LogP contribution in [-0.4, -0.2) is 21.4 Å². The van der Waals surface area contributed by atoms with Crippen LogP contribution in [0.3, 0.4) is 0 Å². The minimum atomic E-state index is -0.183. The van der Waals surface area contributed by atoms with E-state index in [1.165, 1.54) is 18.1 Å². The lowest BCUT2D eigenvalue weighted by atomic mass is 9.85. The number of rotatable bonds is 4. The zero-order valence-electron chi connectivity index (χ0n) is 18.0. The van der Waals surface area contributed by atoms with Gasteiger partial charge in [0, 0.05) is 24.6 Å². The van der Waals surface area contributed by atoms with Crippen molar-refractivity contribution in [1.29, 1.82) is 0 Å². The van der Waals surface area contributed by atoms with E-state index in [2.05, 4.69) is 33.8 Å². The predicted octanol–water partition coefficient (Wildman–Crippen LogP) is 4.23. The minimum Gasteiger partial charge on any atom is -0.326 e. The first-order chi connectivity index (χ1) is 15.5. The van der Waals surface area contributed by atoms with Gasteiger partial charge < -0.3 is 15.6 Å². The molecule has 0 saturated heterocycles. The van der Waals surface area contributed by atoms with Crippen molar-refractivity contribution in [3.8, 4) is 0 Å². The summed E-state index contributed by atoms with van der Waals surface area (Å²) in [4.78, 5) is 40.0. The first kappa shape index (κ1) is 20.3. The van der Waals surface area contributed by atoms with Crippen LogP contribution in [0, 0.1) is 5.92 Å². The molecule has 2 aliphatic rings. The van der Waals surface area contributed by atoms with Gasteiger partial charge in [0.2, 0.25) is 11.8 Å². The monoisotopic (exact) mass is 430 g/mol. The largest absolute Gasteiger partial charge is 0.326 e. The number of nitrogens with zero attached hydrogens (tertiary/aromatic N) is 1. The third kappa shape index (κ3) is 3.75. The zero-order chi connectivity index (χ0) is 22.2. The van der Waals surface area contributed by atoms with Gasteiger partial charge >= 0.3 is 5.69 Å². The number of anilines is 2. The molecule has 0 spiro atoms. The molecule has 0 aliphatic heterocycles. The number of fused-ring (bicyclic) bond motifs is 2. The van der Waals surface area contributed by atoms with Crippen molar-refractivity contribution >= 4 is 40.3 Å². The summed E-state index contributed by atoms with van der Waals surface area (Å²) in [5, 5.41) is 5.85. The summed E-state index contributed by atoms with van der Waals surface area (Å²) in [6.07, 6.45) is 8.11. The van der Waals surface area contributed by atoms with Crippen LogP contribution in [0.1, 0.15) is 49.8 Å². The van der Waals surface area contributed by atoms with Crippen LogP contribution in [-0.2, 0) is 16.0 Å². The smallest absolute Gasteiger partial charge is 0.326 e. The molecule has 1 saturated carbocycles. The molecule has 164 valence electrons. The summed E-state index contributed by atoms with van der Waals surface area (Å²) < 4.78 is 1.78. The van der Waals surface area contributed by atoms with Crippen LogP contribution >= 0.6 is 0 Å². The number of aromatic amines is 1. The van der Waals surface area contributed by atoms with Gasteiger partial charge in [-0.2, -0.15) is 0 Å². The lowest BCUT2D eigenvalue weighted by Crippen LogP contribution is -2.31. The molecule has 0 bridgehead atoms. The van der Waals surface area contributed by atoms with Crippen molar-refractivity contribution in [2.45, 2.75) is 45.1 Å². The third-order valence-electron chi connectivity index (χ3n) is 6.54. The Bertz CT molecular complexity index is 1290. The molecule has 0 radical (unpaired) electrons. The van der Waals surface area contributed by atoms with Gasteiger partial charge in [-0.3, -0.25) is 14.2 Å². The molecule has 5 rings (SSSR count). The summed E-state index contributed by atoms with van der Waals surface area (Å²) >= 11 is 0. The van der Waals surface area contributed by atoms with Crippen LogP contribution in [0.4, 0.5) is 11.4 Å². The minimum absolute atomic E-state index is 0.0268. The number of hydrogen-bond acceptors (Lipinski definition) is 3. The molecule has 3 N–H and O–H groups in total. The van der Waals surface area contributed by atoms with E-state index in [0.717, 1.165) is 43.3 Å². The van der Waals surface area contributed by atoms with E-state index in [1.54, 1.807) is 10.6 Å². The van der Waals surface area contributed by atoms with E-state index in [1.807, 2.05) is 24.3 Å². The number of carbonyl (C=O) groups is 2. The Morgan fingerprint density at radius 2 is 1.88 bits per heavy atom. The number of benzene rings is 2. The summed E-state index contributed by atoms with van der Waals surface area (Å²) in [5.41, 5.74) is 5.14. The molecule has 7 heteroatoms. The Kier molecular flexibility index (Phi) is 5.17. The van der Waals surface area contributed by atoms with E-state index in [-0.39, 0.29) is 29.5 Å². The van der Waals surface area contributed by atoms with Gasteiger partial charge in [-0.05, 0) is 67.5 Å². The topological polar surface area (TPSA) is 96.0 Å². The third-order valence-corrected chi connectivity index (χ3v) is 6.54. The number of carbonyl (C=O) groups excluding carboxylic acids is 2. The number of H-pyrrole nitrogens is 1. The molecular formula is C25H26N4O3. The number of nitrogens with one attached hydrogen (secondary N) is 3. The number of aromatic nitrogens is 2. The van der Waals surface area contributed by atoms with Gasteiger partial charge in [-0.15, -0.1) is 0 Å². The maximum Gasteiger partial charge on any atom is 0.326 e. The number of allylic oxidation sites excluding steroid dienone is 1. The van der Waals surface area contributed by atoms with Crippen molar-refractivity contribution < 1.29 is 9.59 Å². The summed E-state index contributed by atoms with van der Waals surface area (Å²) in [5.74, 6) is -0.195. The van der Waals surface area contributed by atoms with Gasteiger partial charge in [-0.1, -0.05) is 24.3 Å². The Morgan fingerprint density at radius 1 is 1.06 bits per heavy atom. The van der Waals surface area contributed by atoms with E-state index in [9.17, 15) is 14.4 Å². The number of amides is 2. The summed E-state index contributed by atoms with van der Waals surface area (Å²) in [6.45, 7) is 1.44. The quantitative estimate of drug-likeness (QED) is 0.578. The van der Waals surface area contributed by atoms with E-state index < -0.39 is 0 Å². The fraction of sp³-hybridized carbons (Fsp3) is 0.320. The second-order valence-corrected chi connectivity index (χ2v) is 8.70. The molecule has 32 heavy (non-hydrogen) atoms. The van der Waals surface area contributed by atoms with E-state index in [0.29, 0.717) is 11.2 Å². The standard InChI is InChI=1S/C25H26N4O3/c1-15(30)26-21-6-3-7-22-23(21)28-25(32)29(22)20-12-9-17(10-13-20)24(31)27-19-11-8-16-4-2-5-18(16)14-19/h2-4,6-8,11,14,17,20H,5,9-10,12-13H2,1H3,(H,26,30)(H,27,31)(H,28,32). The normalized spacial score (nSPS) is 19.7. The molecule has 2 aliphatic carbocycles. The number of imidazole rings is 1. The molecule has 7 nitrogen and oxygen atoms in total. The van der Waals surface area contributed by atoms with Crippen molar-refractivity contribution in [3.63, 3.8) is 0 Å². The Hall–Kier alpha value is -3.61. The van der Waals surface area contributed by atoms with Gasteiger partial charge in [0.1, 0.15) is 0 Å². The van der Waals surface area contributed by atoms with E-state index in [4.69, 9.17) is 0 Å². The number of hydrogen-bond donors (Lipinski definition) is 3. The second-order valence-electron chi connectivity index (χ2n) is 8.70. The fourth-order valence-corrected chi connectivity index (χ4v) is 4.98. The molecule has 0 atom stereocenters. The molecule has 3 aromatic rings.